The van der Waals surface area contributed by atoms with Gasteiger partial charge in [-0.05, 0) is 29.8 Å². The fraction of sp³-hybridized carbons (Fsp3) is 0.0714. The van der Waals surface area contributed by atoms with E-state index >= 15 is 0 Å². The lowest BCUT2D eigenvalue weighted by atomic mass is 10.2. The van der Waals surface area contributed by atoms with Crippen LogP contribution in [0.1, 0.15) is 5.56 Å². The summed E-state index contributed by atoms with van der Waals surface area (Å²) in [6.45, 7) is 0.319. The van der Waals surface area contributed by atoms with Gasteiger partial charge >= 0.3 is 0 Å². The van der Waals surface area contributed by atoms with Crippen LogP contribution in [-0.2, 0) is 6.54 Å². The monoisotopic (exact) mass is 294 g/mol. The Morgan fingerprint density at radius 3 is 2.65 bits per heavy atom. The Balaban J connectivity index is 1.77. The lowest BCUT2D eigenvalue weighted by molar-refractivity contribution is 0.507. The van der Waals surface area contributed by atoms with Crippen LogP contribution in [0.15, 0.2) is 36.4 Å². The maximum Gasteiger partial charge on any atom is 0.184 e. The van der Waals surface area contributed by atoms with Crippen LogP contribution >= 0.6 is 11.3 Å². The first-order chi connectivity index (χ1) is 9.61. The van der Waals surface area contributed by atoms with Crippen LogP contribution in [0.5, 0.6) is 0 Å². The van der Waals surface area contributed by atoms with Crippen LogP contribution in [0.3, 0.4) is 0 Å². The Kier molecular flexibility index (Phi) is 3.31. The van der Waals surface area contributed by atoms with E-state index in [1.54, 1.807) is 6.07 Å². The Morgan fingerprint density at radius 1 is 1.00 bits per heavy atom. The number of rotatable bonds is 3. The van der Waals surface area contributed by atoms with Crippen LogP contribution in [0.4, 0.5) is 18.3 Å². The SMILES string of the molecule is Fc1ccc2sc(NCc3ccc(F)c(F)c3)nc2c1. The first kappa shape index (κ1) is 12.9. The van der Waals surface area contributed by atoms with E-state index in [1.807, 2.05) is 0 Å². The van der Waals surface area contributed by atoms with E-state index in [1.165, 1.54) is 29.5 Å². The van der Waals surface area contributed by atoms with E-state index in [2.05, 4.69) is 10.3 Å². The van der Waals surface area contributed by atoms with Gasteiger partial charge in [0.1, 0.15) is 5.82 Å². The zero-order chi connectivity index (χ0) is 14.1. The number of anilines is 1. The van der Waals surface area contributed by atoms with Gasteiger partial charge in [-0.3, -0.25) is 0 Å². The standard InChI is InChI=1S/C14H9F3N2S/c15-9-2-4-13-12(6-9)19-14(20-13)18-7-8-1-3-10(16)11(17)5-8/h1-6H,7H2,(H,18,19). The Labute approximate surface area is 116 Å². The second-order valence-corrected chi connectivity index (χ2v) is 5.26. The minimum absolute atomic E-state index is 0.319. The molecule has 0 saturated heterocycles. The van der Waals surface area contributed by atoms with Crippen molar-refractivity contribution in [3.8, 4) is 0 Å². The minimum atomic E-state index is -0.879. The molecular formula is C14H9F3N2S. The summed E-state index contributed by atoms with van der Waals surface area (Å²) in [7, 11) is 0. The molecule has 20 heavy (non-hydrogen) atoms. The molecule has 2 aromatic carbocycles. The van der Waals surface area contributed by atoms with Gasteiger partial charge < -0.3 is 5.32 Å². The number of fused-ring (bicyclic) bond motifs is 1. The smallest absolute Gasteiger partial charge is 0.184 e. The molecule has 3 rings (SSSR count). The average Bonchev–Trinajstić information content (AvgIpc) is 2.82. The molecule has 0 radical (unpaired) electrons. The third-order valence-corrected chi connectivity index (χ3v) is 3.77. The van der Waals surface area contributed by atoms with Gasteiger partial charge in [0.05, 0.1) is 10.2 Å². The molecule has 0 aliphatic rings. The number of nitrogens with zero attached hydrogens (tertiary/aromatic N) is 1. The lowest BCUT2D eigenvalue weighted by Gasteiger charge is -2.03. The fourth-order valence-corrected chi connectivity index (χ4v) is 2.65. The number of halogens is 3. The van der Waals surface area contributed by atoms with Gasteiger partial charge in [0, 0.05) is 12.6 Å². The van der Waals surface area contributed by atoms with Crippen LogP contribution in [-0.4, -0.2) is 4.98 Å². The van der Waals surface area contributed by atoms with Crippen molar-refractivity contribution in [3.05, 3.63) is 59.4 Å². The predicted molar refractivity (Wildman–Crippen MR) is 73.3 cm³/mol. The first-order valence-corrected chi connectivity index (χ1v) is 6.67. The highest BCUT2D eigenvalue weighted by atomic mass is 32.1. The molecule has 0 aliphatic heterocycles. The Morgan fingerprint density at radius 2 is 1.85 bits per heavy atom. The van der Waals surface area contributed by atoms with Gasteiger partial charge in [0.15, 0.2) is 16.8 Å². The third kappa shape index (κ3) is 2.60. The summed E-state index contributed by atoms with van der Waals surface area (Å²) in [5.41, 5.74) is 1.18. The predicted octanol–water partition coefficient (Wildman–Crippen LogP) is 4.33. The zero-order valence-corrected chi connectivity index (χ0v) is 11.0. The maximum atomic E-state index is 13.1. The van der Waals surface area contributed by atoms with Gasteiger partial charge in [-0.25, -0.2) is 18.2 Å². The summed E-state index contributed by atoms with van der Waals surface area (Å²) < 4.78 is 39.8. The molecule has 0 atom stereocenters. The molecule has 0 fully saturated rings. The number of hydrogen-bond donors (Lipinski definition) is 1. The normalized spacial score (nSPS) is 10.9. The van der Waals surface area contributed by atoms with Crippen LogP contribution in [0.25, 0.3) is 10.2 Å². The molecule has 3 aromatic rings. The molecule has 0 amide bonds. The van der Waals surface area contributed by atoms with E-state index < -0.39 is 11.6 Å². The molecule has 0 spiro atoms. The van der Waals surface area contributed by atoms with E-state index in [-0.39, 0.29) is 5.82 Å². The van der Waals surface area contributed by atoms with Crippen LogP contribution in [0.2, 0.25) is 0 Å². The fourth-order valence-electron chi connectivity index (χ4n) is 1.80. The van der Waals surface area contributed by atoms with Crippen molar-refractivity contribution in [1.82, 2.24) is 4.98 Å². The van der Waals surface area contributed by atoms with Gasteiger partial charge in [-0.2, -0.15) is 0 Å². The van der Waals surface area contributed by atoms with Crippen molar-refractivity contribution in [2.45, 2.75) is 6.54 Å². The Bertz CT molecular complexity index is 770. The third-order valence-electron chi connectivity index (χ3n) is 2.78. The van der Waals surface area contributed by atoms with E-state index in [9.17, 15) is 13.2 Å². The van der Waals surface area contributed by atoms with Crippen molar-refractivity contribution in [1.29, 1.82) is 0 Å². The number of thiazole rings is 1. The van der Waals surface area contributed by atoms with Crippen molar-refractivity contribution in [2.75, 3.05) is 5.32 Å². The number of benzene rings is 2. The molecule has 1 heterocycles. The average molecular weight is 294 g/mol. The van der Waals surface area contributed by atoms with Gasteiger partial charge in [0.2, 0.25) is 0 Å². The second-order valence-electron chi connectivity index (χ2n) is 4.23. The summed E-state index contributed by atoms with van der Waals surface area (Å²) in [4.78, 5) is 4.23. The van der Waals surface area contributed by atoms with Crippen molar-refractivity contribution < 1.29 is 13.2 Å². The molecule has 0 bridgehead atoms. The minimum Gasteiger partial charge on any atom is -0.357 e. The van der Waals surface area contributed by atoms with E-state index in [0.717, 1.165) is 16.8 Å². The van der Waals surface area contributed by atoms with Gasteiger partial charge in [-0.1, -0.05) is 17.4 Å². The largest absolute Gasteiger partial charge is 0.357 e. The molecule has 0 aliphatic carbocycles. The summed E-state index contributed by atoms with van der Waals surface area (Å²) >= 11 is 1.38. The first-order valence-electron chi connectivity index (χ1n) is 5.86. The highest BCUT2D eigenvalue weighted by molar-refractivity contribution is 7.22. The lowest BCUT2D eigenvalue weighted by Crippen LogP contribution is -1.99. The maximum absolute atomic E-state index is 13.1. The number of nitrogens with one attached hydrogen (secondary N) is 1. The zero-order valence-electron chi connectivity index (χ0n) is 10.2. The van der Waals surface area contributed by atoms with E-state index in [0.29, 0.717) is 22.8 Å². The van der Waals surface area contributed by atoms with Crippen molar-refractivity contribution in [2.24, 2.45) is 0 Å². The molecule has 102 valence electrons. The van der Waals surface area contributed by atoms with Crippen LogP contribution in [0, 0.1) is 17.5 Å². The van der Waals surface area contributed by atoms with Crippen molar-refractivity contribution in [3.63, 3.8) is 0 Å². The summed E-state index contributed by atoms with van der Waals surface area (Å²) in [5, 5.41) is 3.62. The molecule has 1 N–H and O–H groups in total. The van der Waals surface area contributed by atoms with E-state index in [4.69, 9.17) is 0 Å². The molecule has 1 aromatic heterocycles. The molecular weight excluding hydrogens is 285 g/mol. The highest BCUT2D eigenvalue weighted by Crippen LogP contribution is 2.26. The van der Waals surface area contributed by atoms with Crippen molar-refractivity contribution >= 4 is 26.7 Å². The number of aromatic nitrogens is 1. The molecule has 0 unspecified atom stereocenters. The quantitative estimate of drug-likeness (QED) is 0.778. The topological polar surface area (TPSA) is 24.9 Å². The summed E-state index contributed by atoms with van der Waals surface area (Å²) in [6.07, 6.45) is 0. The second kappa shape index (κ2) is 5.13. The van der Waals surface area contributed by atoms with Gasteiger partial charge in [-0.15, -0.1) is 0 Å². The number of hydrogen-bond acceptors (Lipinski definition) is 3. The summed E-state index contributed by atoms with van der Waals surface area (Å²) in [5.74, 6) is -2.09. The highest BCUT2D eigenvalue weighted by Gasteiger charge is 2.06. The Hall–Kier alpha value is -2.08. The molecule has 0 saturated carbocycles. The molecule has 6 heteroatoms. The molecule has 2 nitrogen and oxygen atoms in total. The summed E-state index contributed by atoms with van der Waals surface area (Å²) in [6, 6.07) is 8.10. The van der Waals surface area contributed by atoms with Crippen LogP contribution < -0.4 is 5.32 Å². The van der Waals surface area contributed by atoms with Gasteiger partial charge in [0.25, 0.3) is 0 Å².